The van der Waals surface area contributed by atoms with Crippen LogP contribution >= 0.6 is 12.4 Å². The Morgan fingerprint density at radius 1 is 1.36 bits per heavy atom. The first kappa shape index (κ1) is 16.9. The molecule has 22 heavy (non-hydrogen) atoms. The van der Waals surface area contributed by atoms with Crippen LogP contribution in [0.15, 0.2) is 18.3 Å². The molecule has 2 atom stereocenters. The molecule has 3 rings (SSSR count). The molecule has 0 bridgehead atoms. The molecule has 0 spiro atoms. The Hall–Kier alpha value is -1.46. The Kier molecular flexibility index (Phi) is 5.91. The molecule has 1 saturated carbocycles. The van der Waals surface area contributed by atoms with Gasteiger partial charge in [-0.2, -0.15) is 5.10 Å². The van der Waals surface area contributed by atoms with E-state index in [9.17, 15) is 0 Å². The van der Waals surface area contributed by atoms with Crippen molar-refractivity contribution in [2.75, 3.05) is 13.7 Å². The molecule has 5 nitrogen and oxygen atoms in total. The zero-order valence-electron chi connectivity index (χ0n) is 13.1. The smallest absolute Gasteiger partial charge is 0.171 e. The minimum absolute atomic E-state index is 0. The molecule has 1 fully saturated rings. The lowest BCUT2D eigenvalue weighted by Gasteiger charge is -2.30. The maximum Gasteiger partial charge on any atom is 0.171 e. The van der Waals surface area contributed by atoms with Crippen LogP contribution in [0.2, 0.25) is 0 Å². The highest BCUT2D eigenvalue weighted by Crippen LogP contribution is 2.36. The number of aromatic amines is 1. The van der Waals surface area contributed by atoms with Crippen LogP contribution in [-0.2, 0) is 0 Å². The molecule has 0 saturated heterocycles. The van der Waals surface area contributed by atoms with Gasteiger partial charge in [0.2, 0.25) is 0 Å². The lowest BCUT2D eigenvalue weighted by molar-refractivity contribution is 0.131. The second-order valence-corrected chi connectivity index (χ2v) is 5.59. The summed E-state index contributed by atoms with van der Waals surface area (Å²) in [7, 11) is 1.68. The Morgan fingerprint density at radius 3 is 3.00 bits per heavy atom. The fourth-order valence-corrected chi connectivity index (χ4v) is 3.18. The van der Waals surface area contributed by atoms with Crippen LogP contribution in [0.1, 0.15) is 32.6 Å². The number of nitrogens with zero attached hydrogens (tertiary/aromatic N) is 1. The number of ether oxygens (including phenoxy) is 2. The van der Waals surface area contributed by atoms with E-state index in [0.29, 0.717) is 6.04 Å². The van der Waals surface area contributed by atoms with Crippen molar-refractivity contribution in [3.05, 3.63) is 18.3 Å². The lowest BCUT2D eigenvalue weighted by atomic mass is 9.93. The molecular formula is C16H24ClN3O2. The van der Waals surface area contributed by atoms with Gasteiger partial charge in [-0.15, -0.1) is 12.4 Å². The second-order valence-electron chi connectivity index (χ2n) is 5.59. The Bertz CT molecular complexity index is 600. The molecule has 2 unspecified atom stereocenters. The standard InChI is InChI=1S/C16H23N3O2.ClH/c1-3-17-11-5-4-6-12(9-11)21-15-8-7-14-13(10-18-19-14)16(15)20-2;/h7-8,10-12,17H,3-6,9H2,1-2H3,(H,18,19);1H. The lowest BCUT2D eigenvalue weighted by Crippen LogP contribution is -2.37. The van der Waals surface area contributed by atoms with Crippen LogP contribution in [0.25, 0.3) is 10.9 Å². The van der Waals surface area contributed by atoms with Crippen molar-refractivity contribution < 1.29 is 9.47 Å². The summed E-state index contributed by atoms with van der Waals surface area (Å²) in [5.41, 5.74) is 0.966. The van der Waals surface area contributed by atoms with Crippen LogP contribution < -0.4 is 14.8 Å². The highest BCUT2D eigenvalue weighted by atomic mass is 35.5. The molecule has 122 valence electrons. The van der Waals surface area contributed by atoms with E-state index >= 15 is 0 Å². The van der Waals surface area contributed by atoms with Gasteiger partial charge in [0.25, 0.3) is 0 Å². The molecule has 1 aromatic carbocycles. The minimum Gasteiger partial charge on any atom is -0.492 e. The summed E-state index contributed by atoms with van der Waals surface area (Å²) >= 11 is 0. The Morgan fingerprint density at radius 2 is 2.23 bits per heavy atom. The van der Waals surface area contributed by atoms with E-state index in [1.54, 1.807) is 13.3 Å². The first-order valence-electron chi connectivity index (χ1n) is 7.72. The molecule has 1 heterocycles. The summed E-state index contributed by atoms with van der Waals surface area (Å²) in [4.78, 5) is 0. The summed E-state index contributed by atoms with van der Waals surface area (Å²) < 4.78 is 11.8. The van der Waals surface area contributed by atoms with E-state index in [1.165, 1.54) is 12.8 Å². The fraction of sp³-hybridized carbons (Fsp3) is 0.562. The summed E-state index contributed by atoms with van der Waals surface area (Å²) in [6, 6.07) is 4.53. The van der Waals surface area contributed by atoms with Crippen molar-refractivity contribution in [3.8, 4) is 11.5 Å². The number of methoxy groups -OCH3 is 1. The van der Waals surface area contributed by atoms with Crippen LogP contribution in [0, 0.1) is 0 Å². The number of hydrogen-bond acceptors (Lipinski definition) is 4. The number of benzene rings is 1. The first-order valence-corrected chi connectivity index (χ1v) is 7.72. The number of aromatic nitrogens is 2. The fourth-order valence-electron chi connectivity index (χ4n) is 3.18. The van der Waals surface area contributed by atoms with E-state index in [2.05, 4.69) is 22.4 Å². The maximum atomic E-state index is 6.22. The average molecular weight is 326 g/mol. The van der Waals surface area contributed by atoms with Gasteiger partial charge in [0.05, 0.1) is 24.2 Å². The van der Waals surface area contributed by atoms with Crippen LogP contribution in [0.5, 0.6) is 11.5 Å². The van der Waals surface area contributed by atoms with E-state index in [-0.39, 0.29) is 18.5 Å². The van der Waals surface area contributed by atoms with Crippen LogP contribution in [-0.4, -0.2) is 36.0 Å². The van der Waals surface area contributed by atoms with Gasteiger partial charge in [0.15, 0.2) is 11.5 Å². The Balaban J connectivity index is 0.00000176. The number of rotatable bonds is 5. The molecular weight excluding hydrogens is 302 g/mol. The summed E-state index contributed by atoms with van der Waals surface area (Å²) in [5, 5.41) is 11.5. The number of fused-ring (bicyclic) bond motifs is 1. The van der Waals surface area contributed by atoms with Crippen molar-refractivity contribution in [3.63, 3.8) is 0 Å². The molecule has 1 aliphatic carbocycles. The summed E-state index contributed by atoms with van der Waals surface area (Å²) in [6.45, 7) is 3.17. The highest BCUT2D eigenvalue weighted by molar-refractivity contribution is 5.87. The van der Waals surface area contributed by atoms with Crippen LogP contribution in [0.4, 0.5) is 0 Å². The summed E-state index contributed by atoms with van der Waals surface area (Å²) in [5.74, 6) is 1.58. The van der Waals surface area contributed by atoms with Gasteiger partial charge in [-0.1, -0.05) is 6.92 Å². The quantitative estimate of drug-likeness (QED) is 0.885. The largest absolute Gasteiger partial charge is 0.492 e. The third-order valence-electron chi connectivity index (χ3n) is 4.16. The van der Waals surface area contributed by atoms with Gasteiger partial charge in [0, 0.05) is 6.04 Å². The monoisotopic (exact) mass is 325 g/mol. The molecule has 0 aliphatic heterocycles. The summed E-state index contributed by atoms with van der Waals surface area (Å²) in [6.07, 6.45) is 6.64. The zero-order valence-corrected chi connectivity index (χ0v) is 13.9. The normalized spacial score (nSPS) is 21.4. The molecule has 1 aliphatic rings. The van der Waals surface area contributed by atoms with Gasteiger partial charge in [0.1, 0.15) is 6.10 Å². The van der Waals surface area contributed by atoms with Crippen molar-refractivity contribution in [2.24, 2.45) is 0 Å². The van der Waals surface area contributed by atoms with E-state index in [1.807, 2.05) is 12.1 Å². The van der Waals surface area contributed by atoms with E-state index in [0.717, 1.165) is 41.8 Å². The third kappa shape index (κ3) is 3.47. The number of hydrogen-bond donors (Lipinski definition) is 2. The van der Waals surface area contributed by atoms with Crippen LogP contribution in [0.3, 0.4) is 0 Å². The third-order valence-corrected chi connectivity index (χ3v) is 4.16. The van der Waals surface area contributed by atoms with Gasteiger partial charge in [-0.05, 0) is 44.4 Å². The van der Waals surface area contributed by atoms with Crippen molar-refractivity contribution in [2.45, 2.75) is 44.8 Å². The minimum atomic E-state index is 0. The second kappa shape index (κ2) is 7.70. The highest BCUT2D eigenvalue weighted by Gasteiger charge is 2.24. The van der Waals surface area contributed by atoms with E-state index < -0.39 is 0 Å². The SMILES string of the molecule is CCNC1CCCC(Oc2ccc3[nH]ncc3c2OC)C1.Cl. The first-order chi connectivity index (χ1) is 10.3. The van der Waals surface area contributed by atoms with Crippen molar-refractivity contribution in [1.29, 1.82) is 0 Å². The van der Waals surface area contributed by atoms with Gasteiger partial charge in [-0.25, -0.2) is 0 Å². The predicted molar refractivity (Wildman–Crippen MR) is 90.2 cm³/mol. The number of nitrogens with one attached hydrogen (secondary N) is 2. The molecule has 0 radical (unpaired) electrons. The zero-order chi connectivity index (χ0) is 14.7. The van der Waals surface area contributed by atoms with Gasteiger partial charge < -0.3 is 14.8 Å². The Labute approximate surface area is 137 Å². The van der Waals surface area contributed by atoms with E-state index in [4.69, 9.17) is 9.47 Å². The molecule has 1 aromatic heterocycles. The topological polar surface area (TPSA) is 59.2 Å². The molecule has 6 heteroatoms. The average Bonchev–Trinajstić information content (AvgIpc) is 2.96. The van der Waals surface area contributed by atoms with Gasteiger partial charge >= 0.3 is 0 Å². The molecule has 2 aromatic rings. The predicted octanol–water partition coefficient (Wildman–Crippen LogP) is 3.29. The molecule has 2 N–H and O–H groups in total. The maximum absolute atomic E-state index is 6.22. The number of halogens is 1. The molecule has 0 amide bonds. The van der Waals surface area contributed by atoms with Crippen molar-refractivity contribution >= 4 is 23.3 Å². The van der Waals surface area contributed by atoms with Gasteiger partial charge in [-0.3, -0.25) is 5.10 Å². The van der Waals surface area contributed by atoms with Crippen molar-refractivity contribution in [1.82, 2.24) is 15.5 Å². The number of H-pyrrole nitrogens is 1.